The molecule has 0 saturated carbocycles. The van der Waals surface area contributed by atoms with Crippen LogP contribution in [0.5, 0.6) is 11.5 Å². The van der Waals surface area contributed by atoms with E-state index in [1.807, 2.05) is 22.7 Å². The minimum absolute atomic E-state index is 0. The van der Waals surface area contributed by atoms with Gasteiger partial charge in [0.25, 0.3) is 0 Å². The third-order valence-corrected chi connectivity index (χ3v) is 5.15. The highest BCUT2D eigenvalue weighted by Crippen LogP contribution is 2.31. The van der Waals surface area contributed by atoms with Crippen LogP contribution >= 0.6 is 12.4 Å². The van der Waals surface area contributed by atoms with Crippen molar-refractivity contribution >= 4 is 24.1 Å². The minimum atomic E-state index is -0.120. The Morgan fingerprint density at radius 1 is 1.21 bits per heavy atom. The number of ketones is 1. The highest BCUT2D eigenvalue weighted by Gasteiger charge is 2.30. The molecule has 4 rings (SSSR count). The topological polar surface area (TPSA) is 85.7 Å². The Morgan fingerprint density at radius 3 is 2.76 bits per heavy atom. The number of ether oxygens (including phenoxy) is 2. The van der Waals surface area contributed by atoms with Gasteiger partial charge in [-0.05, 0) is 18.2 Å². The van der Waals surface area contributed by atoms with Gasteiger partial charge in [0, 0.05) is 57.5 Å². The second kappa shape index (κ2) is 9.28. The van der Waals surface area contributed by atoms with E-state index in [9.17, 15) is 9.59 Å². The van der Waals surface area contributed by atoms with Crippen LogP contribution in [-0.4, -0.2) is 59.0 Å². The van der Waals surface area contributed by atoms with Gasteiger partial charge in [-0.2, -0.15) is 0 Å². The summed E-state index contributed by atoms with van der Waals surface area (Å²) in [6.45, 7) is 2.99. The van der Waals surface area contributed by atoms with Crippen molar-refractivity contribution in [1.82, 2.24) is 19.8 Å². The number of nitrogens with zero attached hydrogens (tertiary/aromatic N) is 3. The van der Waals surface area contributed by atoms with Crippen LogP contribution in [0.25, 0.3) is 0 Å². The molecule has 0 radical (unpaired) electrons. The molecule has 29 heavy (non-hydrogen) atoms. The van der Waals surface area contributed by atoms with E-state index in [1.165, 1.54) is 0 Å². The lowest BCUT2D eigenvalue weighted by Crippen LogP contribution is -2.49. The zero-order chi connectivity index (χ0) is 19.5. The summed E-state index contributed by atoms with van der Waals surface area (Å²) in [6, 6.07) is 5.05. The van der Waals surface area contributed by atoms with Gasteiger partial charge >= 0.3 is 0 Å². The Hall–Kier alpha value is -2.58. The average molecular weight is 421 g/mol. The smallest absolute Gasteiger partial charge is 0.223 e. The molecule has 1 amide bonds. The molecule has 1 aromatic carbocycles. The second-order valence-electron chi connectivity index (χ2n) is 6.99. The zero-order valence-electron chi connectivity index (χ0n) is 16.3. The maximum Gasteiger partial charge on any atom is 0.223 e. The fourth-order valence-electron chi connectivity index (χ4n) is 3.66. The number of aromatic nitrogens is 2. The van der Waals surface area contributed by atoms with Gasteiger partial charge in [-0.25, -0.2) is 4.98 Å². The molecule has 2 aliphatic rings. The Morgan fingerprint density at radius 2 is 2.00 bits per heavy atom. The first-order valence-electron chi connectivity index (χ1n) is 9.54. The van der Waals surface area contributed by atoms with Crippen molar-refractivity contribution in [3.8, 4) is 11.5 Å². The maximum absolute atomic E-state index is 12.8. The third kappa shape index (κ3) is 4.54. The van der Waals surface area contributed by atoms with Gasteiger partial charge in [-0.3, -0.25) is 9.59 Å². The third-order valence-electron chi connectivity index (χ3n) is 5.15. The molecule has 1 saturated heterocycles. The first-order valence-corrected chi connectivity index (χ1v) is 9.54. The molecule has 1 fully saturated rings. The van der Waals surface area contributed by atoms with E-state index >= 15 is 0 Å². The number of benzene rings is 1. The van der Waals surface area contributed by atoms with Crippen LogP contribution in [0, 0.1) is 0 Å². The number of halogens is 1. The summed E-state index contributed by atoms with van der Waals surface area (Å²) in [4.78, 5) is 31.7. The quantitative estimate of drug-likeness (QED) is 0.742. The molecular weight excluding hydrogens is 396 g/mol. The molecule has 1 aromatic heterocycles. The number of Topliss-reactive ketones (excluding diaryl/α,β-unsaturated/α-hetero) is 1. The summed E-state index contributed by atoms with van der Waals surface area (Å²) in [5.74, 6) is 1.98. The van der Waals surface area contributed by atoms with Crippen LogP contribution < -0.4 is 14.8 Å². The van der Waals surface area contributed by atoms with Crippen LogP contribution in [0.1, 0.15) is 35.1 Å². The number of carbonyl (C=O) groups is 2. The van der Waals surface area contributed by atoms with Gasteiger partial charge in [0.1, 0.15) is 25.1 Å². The number of rotatable bonds is 5. The molecule has 3 heterocycles. The molecule has 1 atom stereocenters. The molecule has 1 unspecified atom stereocenters. The minimum Gasteiger partial charge on any atom is -0.486 e. The number of amides is 1. The standard InChI is InChI=1S/C20H24N4O4.ClH/c1-23-8-7-22-20(23)15-13-21-6-9-24(15)19(26)5-3-16(25)14-2-4-17-18(12-14)28-11-10-27-17;/h2,4,7-8,12,15,21H,3,5-6,9-11,13H2,1H3;1H. The Bertz CT molecular complexity index is 885. The average Bonchev–Trinajstić information content (AvgIpc) is 3.17. The fourth-order valence-corrected chi connectivity index (χ4v) is 3.66. The predicted octanol–water partition coefficient (Wildman–Crippen LogP) is 1.75. The molecule has 8 nitrogen and oxygen atoms in total. The van der Waals surface area contributed by atoms with Crippen molar-refractivity contribution < 1.29 is 19.1 Å². The van der Waals surface area contributed by atoms with E-state index in [1.54, 1.807) is 24.4 Å². The second-order valence-corrected chi connectivity index (χ2v) is 6.99. The first-order chi connectivity index (χ1) is 13.6. The van der Waals surface area contributed by atoms with E-state index in [0.717, 1.165) is 12.4 Å². The molecule has 2 aliphatic heterocycles. The molecule has 0 spiro atoms. The number of hydrogen-bond acceptors (Lipinski definition) is 6. The SMILES string of the molecule is Cl.Cn1ccnc1C1CNCCN1C(=O)CCC(=O)c1ccc2c(c1)OCCO2. The van der Waals surface area contributed by atoms with Crippen LogP contribution in [-0.2, 0) is 11.8 Å². The summed E-state index contributed by atoms with van der Waals surface area (Å²) < 4.78 is 12.9. The number of fused-ring (bicyclic) bond motifs is 1. The lowest BCUT2D eigenvalue weighted by molar-refractivity contribution is -0.134. The molecule has 1 N–H and O–H groups in total. The van der Waals surface area contributed by atoms with Gasteiger partial charge in [-0.15, -0.1) is 12.4 Å². The number of carbonyl (C=O) groups excluding carboxylic acids is 2. The molecule has 156 valence electrons. The molecule has 2 aromatic rings. The van der Waals surface area contributed by atoms with Crippen LogP contribution in [0.15, 0.2) is 30.6 Å². The fraction of sp³-hybridized carbons (Fsp3) is 0.450. The van der Waals surface area contributed by atoms with Crippen LogP contribution in [0.3, 0.4) is 0 Å². The van der Waals surface area contributed by atoms with Crippen molar-refractivity contribution in [2.45, 2.75) is 18.9 Å². The number of nitrogens with one attached hydrogen (secondary N) is 1. The molecule has 0 aliphatic carbocycles. The van der Waals surface area contributed by atoms with Crippen molar-refractivity contribution in [2.75, 3.05) is 32.8 Å². The van der Waals surface area contributed by atoms with Crippen LogP contribution in [0.4, 0.5) is 0 Å². The number of piperazine rings is 1. The normalized spacial score (nSPS) is 18.1. The van der Waals surface area contributed by atoms with Gasteiger partial charge < -0.3 is 24.3 Å². The lowest BCUT2D eigenvalue weighted by Gasteiger charge is -2.35. The predicted molar refractivity (Wildman–Crippen MR) is 109 cm³/mol. The number of hydrogen-bond donors (Lipinski definition) is 1. The van der Waals surface area contributed by atoms with Crippen molar-refractivity contribution in [1.29, 1.82) is 0 Å². The summed E-state index contributed by atoms with van der Waals surface area (Å²) in [6.07, 6.45) is 3.94. The summed E-state index contributed by atoms with van der Waals surface area (Å²) in [5, 5.41) is 3.31. The molecule has 0 bridgehead atoms. The van der Waals surface area contributed by atoms with Crippen LogP contribution in [0.2, 0.25) is 0 Å². The van der Waals surface area contributed by atoms with E-state index < -0.39 is 0 Å². The van der Waals surface area contributed by atoms with E-state index in [-0.39, 0.29) is 43.0 Å². The van der Waals surface area contributed by atoms with Crippen molar-refractivity contribution in [2.24, 2.45) is 7.05 Å². The van der Waals surface area contributed by atoms with Crippen molar-refractivity contribution in [3.63, 3.8) is 0 Å². The van der Waals surface area contributed by atoms with E-state index in [4.69, 9.17) is 9.47 Å². The van der Waals surface area contributed by atoms with Gasteiger partial charge in [0.15, 0.2) is 17.3 Å². The zero-order valence-corrected chi connectivity index (χ0v) is 17.1. The highest BCUT2D eigenvalue weighted by molar-refractivity contribution is 5.98. The highest BCUT2D eigenvalue weighted by atomic mass is 35.5. The van der Waals surface area contributed by atoms with Gasteiger partial charge in [0.2, 0.25) is 5.91 Å². The monoisotopic (exact) mass is 420 g/mol. The van der Waals surface area contributed by atoms with E-state index in [0.29, 0.717) is 43.4 Å². The summed E-state index contributed by atoms with van der Waals surface area (Å²) in [5.41, 5.74) is 0.540. The lowest BCUT2D eigenvalue weighted by atomic mass is 10.0. The largest absolute Gasteiger partial charge is 0.486 e. The maximum atomic E-state index is 12.8. The number of imidazole rings is 1. The van der Waals surface area contributed by atoms with Gasteiger partial charge in [-0.1, -0.05) is 0 Å². The first kappa shape index (κ1) is 21.1. The Kier molecular flexibility index (Phi) is 6.76. The Labute approximate surface area is 175 Å². The Balaban J connectivity index is 0.00000240. The summed E-state index contributed by atoms with van der Waals surface area (Å²) >= 11 is 0. The molecular formula is C20H25ClN4O4. The summed E-state index contributed by atoms with van der Waals surface area (Å²) in [7, 11) is 1.92. The van der Waals surface area contributed by atoms with E-state index in [2.05, 4.69) is 10.3 Å². The molecule has 9 heteroatoms. The van der Waals surface area contributed by atoms with Gasteiger partial charge in [0.05, 0.1) is 0 Å². The number of aryl methyl sites for hydroxylation is 1. The van der Waals surface area contributed by atoms with Crippen molar-refractivity contribution in [3.05, 3.63) is 42.0 Å².